The molecule has 0 saturated heterocycles. The Morgan fingerprint density at radius 1 is 1.06 bits per heavy atom. The van der Waals surface area contributed by atoms with Crippen molar-refractivity contribution in [2.24, 2.45) is 28.6 Å². The molecule has 0 aliphatic heterocycles. The molecule has 0 unspecified atom stereocenters. The van der Waals surface area contributed by atoms with E-state index in [1.54, 1.807) is 0 Å². The van der Waals surface area contributed by atoms with E-state index in [0.717, 1.165) is 57.8 Å². The van der Waals surface area contributed by atoms with Crippen LogP contribution in [0.25, 0.3) is 0 Å². The van der Waals surface area contributed by atoms with Crippen molar-refractivity contribution < 1.29 is 29.3 Å². The molecule has 2 N–H and O–H groups in total. The number of fused-ring (bicyclic) bond motifs is 5. The molecule has 0 spiro atoms. The van der Waals surface area contributed by atoms with Gasteiger partial charge in [-0.05, 0) is 80.6 Å². The zero-order valence-corrected chi connectivity index (χ0v) is 21.3. The molecule has 0 bridgehead atoms. The molecule has 0 radical (unpaired) electrons. The molecule has 34 heavy (non-hydrogen) atoms. The third kappa shape index (κ3) is 4.23. The number of carbonyl (C=O) groups is 2. The third-order valence-corrected chi connectivity index (χ3v) is 10.2. The molecule has 3 saturated carbocycles. The Morgan fingerprint density at radius 2 is 1.82 bits per heavy atom. The Labute approximate surface area is 204 Å². The molecule has 4 aliphatic carbocycles. The van der Waals surface area contributed by atoms with E-state index in [0.29, 0.717) is 31.3 Å². The molecule has 192 valence electrons. The van der Waals surface area contributed by atoms with Crippen molar-refractivity contribution in [1.29, 1.82) is 0 Å². The Balaban J connectivity index is 1.53. The second-order valence-electron chi connectivity index (χ2n) is 11.8. The molecule has 0 aromatic heterocycles. The van der Waals surface area contributed by atoms with Crippen LogP contribution in [0.3, 0.4) is 0 Å². The molecule has 0 aromatic carbocycles. The van der Waals surface area contributed by atoms with Crippen LogP contribution in [-0.2, 0) is 19.1 Å². The molecule has 0 heterocycles. The lowest BCUT2D eigenvalue weighted by atomic mass is 9.46. The standard InChI is InChI=1S/C28H44O6/c1-4-5-6-7-16-33-18-34-28(24(30)25(31)32)15-12-23-21-9-8-19-17-20(29)10-13-26(19,2)22(21)11-14-27(23,28)3/h17,21-23,25,31-32H,4-16,18H2,1-3H3/t21-,22+,23+,26+,27+,28+/m1/s1. The van der Waals surface area contributed by atoms with E-state index >= 15 is 0 Å². The van der Waals surface area contributed by atoms with Crippen molar-refractivity contribution in [3.8, 4) is 0 Å². The Bertz CT molecular complexity index is 805. The van der Waals surface area contributed by atoms with Crippen LogP contribution >= 0.6 is 0 Å². The van der Waals surface area contributed by atoms with Crippen molar-refractivity contribution in [3.63, 3.8) is 0 Å². The van der Waals surface area contributed by atoms with Gasteiger partial charge in [0.05, 0.1) is 0 Å². The summed E-state index contributed by atoms with van der Waals surface area (Å²) in [5.41, 5.74) is -0.290. The van der Waals surface area contributed by atoms with Crippen molar-refractivity contribution in [2.75, 3.05) is 13.4 Å². The molecule has 0 aromatic rings. The predicted octanol–water partition coefficient (Wildman–Crippen LogP) is 4.71. The molecule has 4 rings (SSSR count). The maximum absolute atomic E-state index is 13.3. The Morgan fingerprint density at radius 3 is 2.56 bits per heavy atom. The lowest BCUT2D eigenvalue weighted by molar-refractivity contribution is -0.220. The minimum Gasteiger partial charge on any atom is -0.362 e. The van der Waals surface area contributed by atoms with E-state index in [9.17, 15) is 19.8 Å². The quantitative estimate of drug-likeness (QED) is 0.350. The molecule has 0 amide bonds. The van der Waals surface area contributed by atoms with Gasteiger partial charge in [-0.2, -0.15) is 0 Å². The second-order valence-corrected chi connectivity index (χ2v) is 11.8. The summed E-state index contributed by atoms with van der Waals surface area (Å²) in [4.78, 5) is 25.4. The van der Waals surface area contributed by atoms with Crippen molar-refractivity contribution in [1.82, 2.24) is 0 Å². The lowest BCUT2D eigenvalue weighted by Crippen LogP contribution is -2.60. The maximum Gasteiger partial charge on any atom is 0.220 e. The van der Waals surface area contributed by atoms with Crippen LogP contribution in [0, 0.1) is 28.6 Å². The van der Waals surface area contributed by atoms with Crippen molar-refractivity contribution in [3.05, 3.63) is 11.6 Å². The number of rotatable bonds is 10. The van der Waals surface area contributed by atoms with Gasteiger partial charge in [0, 0.05) is 18.4 Å². The van der Waals surface area contributed by atoms with E-state index in [4.69, 9.17) is 9.47 Å². The number of unbranched alkanes of at least 4 members (excludes halogenated alkanes) is 3. The summed E-state index contributed by atoms with van der Waals surface area (Å²) in [6, 6.07) is 0. The minimum atomic E-state index is -2.04. The molecule has 6 nitrogen and oxygen atoms in total. The summed E-state index contributed by atoms with van der Waals surface area (Å²) in [7, 11) is 0. The van der Waals surface area contributed by atoms with Crippen LogP contribution in [0.15, 0.2) is 11.6 Å². The highest BCUT2D eigenvalue weighted by Crippen LogP contribution is 2.68. The van der Waals surface area contributed by atoms with E-state index in [-0.39, 0.29) is 23.9 Å². The predicted molar refractivity (Wildman–Crippen MR) is 129 cm³/mol. The summed E-state index contributed by atoms with van der Waals surface area (Å²) >= 11 is 0. The van der Waals surface area contributed by atoms with E-state index in [1.807, 2.05) is 6.08 Å². The fraction of sp³-hybridized carbons (Fsp3) is 0.857. The van der Waals surface area contributed by atoms with Crippen LogP contribution in [0.5, 0.6) is 0 Å². The fourth-order valence-corrected chi connectivity index (χ4v) is 8.31. The van der Waals surface area contributed by atoms with E-state index in [1.165, 1.54) is 12.0 Å². The maximum atomic E-state index is 13.3. The van der Waals surface area contributed by atoms with Gasteiger partial charge >= 0.3 is 0 Å². The topological polar surface area (TPSA) is 93.1 Å². The highest BCUT2D eigenvalue weighted by Gasteiger charge is 2.68. The van der Waals surface area contributed by atoms with Gasteiger partial charge in [0.15, 0.2) is 5.78 Å². The van der Waals surface area contributed by atoms with Crippen LogP contribution in [0.1, 0.15) is 97.8 Å². The van der Waals surface area contributed by atoms with Gasteiger partial charge in [-0.1, -0.05) is 45.6 Å². The van der Waals surface area contributed by atoms with Gasteiger partial charge in [0.25, 0.3) is 0 Å². The Kier molecular flexibility index (Phi) is 7.74. The monoisotopic (exact) mass is 476 g/mol. The number of aliphatic hydroxyl groups is 2. The van der Waals surface area contributed by atoms with Crippen LogP contribution in [-0.4, -0.2) is 47.1 Å². The first kappa shape index (κ1) is 26.0. The molecule has 6 atom stereocenters. The minimum absolute atomic E-state index is 0.00764. The number of ketones is 2. The number of ether oxygens (including phenoxy) is 2. The van der Waals surface area contributed by atoms with Crippen molar-refractivity contribution in [2.45, 2.75) is 110 Å². The Hall–Kier alpha value is -1.08. The molecular weight excluding hydrogens is 432 g/mol. The molecular formula is C28H44O6. The molecule has 3 fully saturated rings. The summed E-state index contributed by atoms with van der Waals surface area (Å²) in [5.74, 6) is 0.889. The van der Waals surface area contributed by atoms with Gasteiger partial charge in [-0.15, -0.1) is 0 Å². The van der Waals surface area contributed by atoms with Gasteiger partial charge in [-0.25, -0.2) is 0 Å². The smallest absolute Gasteiger partial charge is 0.220 e. The van der Waals surface area contributed by atoms with Gasteiger partial charge in [0.1, 0.15) is 12.4 Å². The van der Waals surface area contributed by atoms with E-state index in [2.05, 4.69) is 20.8 Å². The average Bonchev–Trinajstić information content (AvgIpc) is 3.11. The summed E-state index contributed by atoms with van der Waals surface area (Å²) < 4.78 is 12.0. The highest BCUT2D eigenvalue weighted by atomic mass is 16.7. The summed E-state index contributed by atoms with van der Waals surface area (Å²) in [6.45, 7) is 7.25. The first-order chi connectivity index (χ1) is 16.2. The normalized spacial score (nSPS) is 39.4. The largest absolute Gasteiger partial charge is 0.362 e. The first-order valence-corrected chi connectivity index (χ1v) is 13.6. The fourth-order valence-electron chi connectivity index (χ4n) is 8.31. The first-order valence-electron chi connectivity index (χ1n) is 13.6. The molecule has 4 aliphatic rings. The lowest BCUT2D eigenvalue weighted by Gasteiger charge is -2.59. The number of hydrogen-bond acceptors (Lipinski definition) is 6. The SMILES string of the molecule is CCCCCCOCO[C@]1(C(=O)C(O)O)CC[C@H]2[C@@H]3CCC4=CC(=O)CC[C@]4(C)[C@H]3CC[C@@]21C. The number of allylic oxidation sites excluding steroid dienone is 1. The van der Waals surface area contributed by atoms with Crippen LogP contribution in [0.4, 0.5) is 0 Å². The van der Waals surface area contributed by atoms with Gasteiger partial charge in [0.2, 0.25) is 12.1 Å². The van der Waals surface area contributed by atoms with Crippen LogP contribution in [0.2, 0.25) is 0 Å². The van der Waals surface area contributed by atoms with Gasteiger partial charge in [-0.3, -0.25) is 9.59 Å². The van der Waals surface area contributed by atoms with Crippen LogP contribution < -0.4 is 0 Å². The highest BCUT2D eigenvalue weighted by molar-refractivity contribution is 5.92. The number of Topliss-reactive ketones (excluding diaryl/α,β-unsaturated/α-hetero) is 1. The summed E-state index contributed by atoms with van der Waals surface area (Å²) in [5, 5.41) is 19.9. The second kappa shape index (κ2) is 10.1. The molecule has 6 heteroatoms. The van der Waals surface area contributed by atoms with Gasteiger partial charge < -0.3 is 19.7 Å². The average molecular weight is 477 g/mol. The number of carbonyl (C=O) groups excluding carboxylic acids is 2. The number of aliphatic hydroxyl groups excluding tert-OH is 1. The summed E-state index contributed by atoms with van der Waals surface area (Å²) in [6.07, 6.45) is 10.9. The zero-order valence-electron chi connectivity index (χ0n) is 21.3. The number of hydrogen-bond donors (Lipinski definition) is 2. The zero-order chi connectivity index (χ0) is 24.6. The van der Waals surface area contributed by atoms with Crippen molar-refractivity contribution >= 4 is 11.6 Å². The van der Waals surface area contributed by atoms with E-state index < -0.39 is 23.1 Å². The third-order valence-electron chi connectivity index (χ3n) is 10.2.